The summed E-state index contributed by atoms with van der Waals surface area (Å²) >= 11 is 12.8. The zero-order chi connectivity index (χ0) is 17.7. The molecule has 0 radical (unpaired) electrons. The summed E-state index contributed by atoms with van der Waals surface area (Å²) in [6.45, 7) is 1.67. The molecule has 138 valence electrons. The van der Waals surface area contributed by atoms with Gasteiger partial charge in [-0.05, 0) is 31.4 Å². The van der Waals surface area contributed by atoms with E-state index >= 15 is 0 Å². The first-order chi connectivity index (χ1) is 12.7. The number of aromatic nitrogens is 1. The van der Waals surface area contributed by atoms with Crippen molar-refractivity contribution in [2.24, 2.45) is 0 Å². The Labute approximate surface area is 161 Å². The van der Waals surface area contributed by atoms with Crippen molar-refractivity contribution in [1.82, 2.24) is 5.16 Å². The lowest BCUT2D eigenvalue weighted by molar-refractivity contribution is -0.0387. The van der Waals surface area contributed by atoms with Gasteiger partial charge in [-0.1, -0.05) is 34.4 Å². The van der Waals surface area contributed by atoms with Crippen LogP contribution in [-0.4, -0.2) is 36.7 Å². The highest BCUT2D eigenvalue weighted by Gasteiger charge is 2.43. The minimum absolute atomic E-state index is 0.0200. The number of rotatable bonds is 5. The van der Waals surface area contributed by atoms with E-state index in [1.54, 1.807) is 12.1 Å². The molecule has 7 heteroatoms. The van der Waals surface area contributed by atoms with Gasteiger partial charge in [0.05, 0.1) is 29.4 Å². The topological polar surface area (TPSA) is 53.7 Å². The van der Waals surface area contributed by atoms with Gasteiger partial charge in [0.25, 0.3) is 0 Å². The number of fused-ring (bicyclic) bond motifs is 1. The van der Waals surface area contributed by atoms with Crippen LogP contribution in [0.15, 0.2) is 22.7 Å². The summed E-state index contributed by atoms with van der Waals surface area (Å²) in [6.07, 6.45) is 3.26. The Morgan fingerprint density at radius 1 is 1.12 bits per heavy atom. The van der Waals surface area contributed by atoms with Crippen molar-refractivity contribution in [2.75, 3.05) is 13.2 Å². The van der Waals surface area contributed by atoms with Gasteiger partial charge in [-0.3, -0.25) is 0 Å². The van der Waals surface area contributed by atoms with Crippen LogP contribution < -0.4 is 0 Å². The smallest absolute Gasteiger partial charge is 0.145 e. The Hall–Kier alpha value is -1.11. The van der Waals surface area contributed by atoms with Gasteiger partial charge in [0, 0.05) is 23.7 Å². The average Bonchev–Trinajstić information content (AvgIpc) is 3.04. The number of ether oxygens (including phenoxy) is 3. The highest BCUT2D eigenvalue weighted by molar-refractivity contribution is 6.39. The third kappa shape index (κ3) is 2.96. The molecule has 5 nitrogen and oxygen atoms in total. The fourth-order valence-corrected chi connectivity index (χ4v) is 4.39. The van der Waals surface area contributed by atoms with Gasteiger partial charge in [0.1, 0.15) is 23.7 Å². The van der Waals surface area contributed by atoms with Crippen molar-refractivity contribution in [3.63, 3.8) is 0 Å². The van der Waals surface area contributed by atoms with Crippen LogP contribution >= 0.6 is 23.2 Å². The van der Waals surface area contributed by atoms with Crippen LogP contribution in [0.25, 0.3) is 11.3 Å². The lowest BCUT2D eigenvalue weighted by atomic mass is 10.0. The van der Waals surface area contributed by atoms with Crippen molar-refractivity contribution >= 4 is 23.2 Å². The summed E-state index contributed by atoms with van der Waals surface area (Å²) in [5, 5.41) is 5.40. The summed E-state index contributed by atoms with van der Waals surface area (Å²) in [5.41, 5.74) is 2.30. The highest BCUT2D eigenvalue weighted by Crippen LogP contribution is 2.46. The first-order valence-electron chi connectivity index (χ1n) is 9.00. The second-order valence-corrected chi connectivity index (χ2v) is 7.90. The van der Waals surface area contributed by atoms with Gasteiger partial charge in [0.15, 0.2) is 0 Å². The molecule has 3 fully saturated rings. The van der Waals surface area contributed by atoms with E-state index in [1.807, 2.05) is 6.07 Å². The predicted octanol–water partition coefficient (Wildman–Crippen LogP) is 4.60. The van der Waals surface area contributed by atoms with Crippen LogP contribution in [0, 0.1) is 0 Å². The van der Waals surface area contributed by atoms with E-state index in [1.165, 1.54) is 0 Å². The molecule has 1 aliphatic carbocycles. The zero-order valence-corrected chi connectivity index (χ0v) is 15.6. The van der Waals surface area contributed by atoms with E-state index in [0.717, 1.165) is 37.2 Å². The molecule has 0 bridgehead atoms. The second kappa shape index (κ2) is 6.80. The number of nitrogens with zero attached hydrogens (tertiary/aromatic N) is 1. The van der Waals surface area contributed by atoms with Crippen LogP contribution in [0.2, 0.25) is 10.0 Å². The maximum Gasteiger partial charge on any atom is 0.145 e. The van der Waals surface area contributed by atoms with Crippen molar-refractivity contribution in [3.05, 3.63) is 39.6 Å². The molecule has 5 rings (SSSR count). The molecule has 1 unspecified atom stereocenters. The number of halogens is 2. The van der Waals surface area contributed by atoms with Gasteiger partial charge in [-0.25, -0.2) is 0 Å². The summed E-state index contributed by atoms with van der Waals surface area (Å²) in [6, 6.07) is 5.43. The minimum atomic E-state index is -0.0704. The fraction of sp³-hybridized carbons (Fsp3) is 0.526. The van der Waals surface area contributed by atoms with Crippen LogP contribution in [0.3, 0.4) is 0 Å². The predicted molar refractivity (Wildman–Crippen MR) is 96.6 cm³/mol. The molecule has 2 aromatic rings. The van der Waals surface area contributed by atoms with Gasteiger partial charge in [0.2, 0.25) is 0 Å². The SMILES string of the molecule is Clc1cccc(Cl)c1-c1noc(C2CC2)c1COC1CO[C@@H]2CCO[C@H]12. The van der Waals surface area contributed by atoms with Gasteiger partial charge < -0.3 is 18.7 Å². The molecule has 2 saturated heterocycles. The molecule has 0 amide bonds. The fourth-order valence-electron chi connectivity index (χ4n) is 3.81. The normalized spacial score (nSPS) is 27.8. The summed E-state index contributed by atoms with van der Waals surface area (Å²) in [5.74, 6) is 1.30. The molecule has 0 spiro atoms. The Morgan fingerprint density at radius 3 is 2.69 bits per heavy atom. The van der Waals surface area contributed by atoms with E-state index < -0.39 is 0 Å². The molecule has 26 heavy (non-hydrogen) atoms. The maximum absolute atomic E-state index is 6.39. The Bertz CT molecular complexity index is 800. The van der Waals surface area contributed by atoms with Crippen LogP contribution in [0.4, 0.5) is 0 Å². The van der Waals surface area contributed by atoms with Crippen LogP contribution in [0.1, 0.15) is 36.5 Å². The molecule has 2 aliphatic heterocycles. The van der Waals surface area contributed by atoms with E-state index in [2.05, 4.69) is 5.16 Å². The Morgan fingerprint density at radius 2 is 1.92 bits per heavy atom. The van der Waals surface area contributed by atoms with Crippen molar-refractivity contribution in [1.29, 1.82) is 0 Å². The lowest BCUT2D eigenvalue weighted by Gasteiger charge is -2.17. The number of hydrogen-bond acceptors (Lipinski definition) is 5. The van der Waals surface area contributed by atoms with Crippen LogP contribution in [-0.2, 0) is 20.8 Å². The van der Waals surface area contributed by atoms with Crippen molar-refractivity contribution < 1.29 is 18.7 Å². The standard InChI is InChI=1S/C19H19Cl2NO4/c20-12-2-1-3-13(21)16(12)17-11(18(26-22-17)10-4-5-10)8-24-15-9-25-14-6-7-23-19(14)15/h1-3,10,14-15,19H,4-9H2/t14-,15?,19+/m1/s1. The Kier molecular flexibility index (Phi) is 4.45. The summed E-state index contributed by atoms with van der Waals surface area (Å²) < 4.78 is 23.4. The van der Waals surface area contributed by atoms with Crippen molar-refractivity contribution in [3.8, 4) is 11.3 Å². The molecule has 3 aliphatic rings. The maximum atomic E-state index is 6.39. The van der Waals surface area contributed by atoms with E-state index in [0.29, 0.717) is 40.4 Å². The second-order valence-electron chi connectivity index (χ2n) is 7.09. The number of hydrogen-bond donors (Lipinski definition) is 0. The first-order valence-corrected chi connectivity index (χ1v) is 9.75. The molecule has 3 atom stereocenters. The van der Waals surface area contributed by atoms with E-state index in [9.17, 15) is 0 Å². The molecule has 1 aromatic heterocycles. The van der Waals surface area contributed by atoms with Gasteiger partial charge in [-0.15, -0.1) is 0 Å². The Balaban J connectivity index is 1.44. The monoisotopic (exact) mass is 395 g/mol. The lowest BCUT2D eigenvalue weighted by Crippen LogP contribution is -2.29. The molecular weight excluding hydrogens is 377 g/mol. The highest BCUT2D eigenvalue weighted by atomic mass is 35.5. The van der Waals surface area contributed by atoms with Crippen LogP contribution in [0.5, 0.6) is 0 Å². The molecule has 1 aromatic carbocycles. The quantitative estimate of drug-likeness (QED) is 0.740. The number of benzene rings is 1. The summed E-state index contributed by atoms with van der Waals surface area (Å²) in [7, 11) is 0. The van der Waals surface area contributed by atoms with Gasteiger partial charge >= 0.3 is 0 Å². The third-order valence-corrected chi connectivity index (χ3v) is 5.96. The molecule has 1 saturated carbocycles. The van der Waals surface area contributed by atoms with Gasteiger partial charge in [-0.2, -0.15) is 0 Å². The molecular formula is C19H19Cl2NO4. The minimum Gasteiger partial charge on any atom is -0.373 e. The van der Waals surface area contributed by atoms with E-state index in [-0.39, 0.29) is 18.3 Å². The average molecular weight is 396 g/mol. The third-order valence-electron chi connectivity index (χ3n) is 5.33. The molecule has 0 N–H and O–H groups in total. The first kappa shape index (κ1) is 17.0. The largest absolute Gasteiger partial charge is 0.373 e. The van der Waals surface area contributed by atoms with Crippen molar-refractivity contribution in [2.45, 2.75) is 50.1 Å². The van der Waals surface area contributed by atoms with E-state index in [4.69, 9.17) is 41.9 Å². The summed E-state index contributed by atoms with van der Waals surface area (Å²) in [4.78, 5) is 0. The zero-order valence-electron chi connectivity index (χ0n) is 14.1. The molecule has 3 heterocycles.